The van der Waals surface area contributed by atoms with Crippen LogP contribution in [-0.2, 0) is 0 Å². The van der Waals surface area contributed by atoms with Crippen LogP contribution in [0.15, 0.2) is 0 Å². The Bertz CT molecular complexity index is 508. The number of likely N-dealkylation sites (N-methyl/N-ethyl adjacent to an activating group) is 1. The first-order chi connectivity index (χ1) is 10.1. The van der Waals surface area contributed by atoms with Crippen molar-refractivity contribution in [1.82, 2.24) is 14.9 Å². The SMILES string of the molecule is CCN(CC)C1CCN(c2nc(C3CC3)nc(N)c2C)C1. The topological polar surface area (TPSA) is 58.3 Å². The average Bonchev–Trinajstić information content (AvgIpc) is 3.22. The maximum atomic E-state index is 6.11. The molecular weight excluding hydrogens is 262 g/mol. The molecule has 1 aliphatic carbocycles. The zero-order valence-electron chi connectivity index (χ0n) is 13.5. The van der Waals surface area contributed by atoms with E-state index in [0.29, 0.717) is 17.8 Å². The van der Waals surface area contributed by atoms with Gasteiger partial charge in [0.25, 0.3) is 0 Å². The Kier molecular flexibility index (Phi) is 4.02. The lowest BCUT2D eigenvalue weighted by atomic mass is 10.2. The molecule has 2 fully saturated rings. The Morgan fingerprint density at radius 1 is 1.19 bits per heavy atom. The molecule has 1 aromatic rings. The fourth-order valence-electron chi connectivity index (χ4n) is 3.34. The predicted octanol–water partition coefficient (Wildman–Crippen LogP) is 2.17. The van der Waals surface area contributed by atoms with Gasteiger partial charge in [0.15, 0.2) is 0 Å². The predicted molar refractivity (Wildman–Crippen MR) is 86.7 cm³/mol. The summed E-state index contributed by atoms with van der Waals surface area (Å²) >= 11 is 0. The van der Waals surface area contributed by atoms with Gasteiger partial charge in [-0.1, -0.05) is 13.8 Å². The molecule has 0 radical (unpaired) electrons. The number of nitrogens with zero attached hydrogens (tertiary/aromatic N) is 4. The second kappa shape index (κ2) is 5.79. The number of rotatable bonds is 5. The van der Waals surface area contributed by atoms with Crippen LogP contribution >= 0.6 is 0 Å². The molecule has 1 aliphatic heterocycles. The van der Waals surface area contributed by atoms with E-state index in [2.05, 4.69) is 28.6 Å². The first-order valence-electron chi connectivity index (χ1n) is 8.27. The Hall–Kier alpha value is -1.36. The van der Waals surface area contributed by atoms with Crippen molar-refractivity contribution < 1.29 is 0 Å². The molecule has 0 amide bonds. The second-order valence-corrected chi connectivity index (χ2v) is 6.30. The van der Waals surface area contributed by atoms with Crippen LogP contribution in [0.5, 0.6) is 0 Å². The van der Waals surface area contributed by atoms with Gasteiger partial charge in [-0.25, -0.2) is 9.97 Å². The fraction of sp³-hybridized carbons (Fsp3) is 0.750. The summed E-state index contributed by atoms with van der Waals surface area (Å²) in [5.41, 5.74) is 7.15. The van der Waals surface area contributed by atoms with E-state index in [0.717, 1.165) is 43.4 Å². The number of aromatic nitrogens is 2. The molecule has 21 heavy (non-hydrogen) atoms. The van der Waals surface area contributed by atoms with E-state index in [1.165, 1.54) is 19.3 Å². The minimum atomic E-state index is 0.549. The molecule has 2 aliphatic rings. The van der Waals surface area contributed by atoms with Gasteiger partial charge in [0.2, 0.25) is 0 Å². The van der Waals surface area contributed by atoms with E-state index in [1.807, 2.05) is 6.92 Å². The van der Waals surface area contributed by atoms with Crippen LogP contribution in [0.1, 0.15) is 50.4 Å². The third kappa shape index (κ3) is 2.84. The van der Waals surface area contributed by atoms with E-state index in [-0.39, 0.29) is 0 Å². The van der Waals surface area contributed by atoms with Crippen LogP contribution in [0, 0.1) is 6.92 Å². The van der Waals surface area contributed by atoms with Gasteiger partial charge in [0.05, 0.1) is 0 Å². The molecule has 1 unspecified atom stereocenters. The zero-order valence-corrected chi connectivity index (χ0v) is 13.5. The van der Waals surface area contributed by atoms with Crippen LogP contribution in [0.4, 0.5) is 11.6 Å². The van der Waals surface area contributed by atoms with Crippen molar-refractivity contribution in [1.29, 1.82) is 0 Å². The van der Waals surface area contributed by atoms with Crippen molar-refractivity contribution in [3.05, 3.63) is 11.4 Å². The first kappa shape index (κ1) is 14.6. The van der Waals surface area contributed by atoms with E-state index in [9.17, 15) is 0 Å². The highest BCUT2D eigenvalue weighted by molar-refractivity contribution is 5.57. The summed E-state index contributed by atoms with van der Waals surface area (Å²) in [7, 11) is 0. The Labute approximate surface area is 127 Å². The van der Waals surface area contributed by atoms with Crippen molar-refractivity contribution in [2.45, 2.75) is 52.0 Å². The quantitative estimate of drug-likeness (QED) is 0.900. The lowest BCUT2D eigenvalue weighted by Gasteiger charge is -2.27. The summed E-state index contributed by atoms with van der Waals surface area (Å²) in [6.45, 7) is 10.9. The van der Waals surface area contributed by atoms with Crippen molar-refractivity contribution in [3.63, 3.8) is 0 Å². The van der Waals surface area contributed by atoms with Crippen molar-refractivity contribution in [2.24, 2.45) is 0 Å². The molecule has 0 aromatic carbocycles. The van der Waals surface area contributed by atoms with Crippen molar-refractivity contribution in [3.8, 4) is 0 Å². The molecule has 116 valence electrons. The molecule has 1 saturated heterocycles. The molecule has 5 nitrogen and oxygen atoms in total. The van der Waals surface area contributed by atoms with E-state index in [4.69, 9.17) is 10.7 Å². The maximum absolute atomic E-state index is 6.11. The first-order valence-corrected chi connectivity index (χ1v) is 8.27. The molecule has 2 N–H and O–H groups in total. The van der Waals surface area contributed by atoms with Gasteiger partial charge in [-0.15, -0.1) is 0 Å². The standard InChI is InChI=1S/C16H27N5/c1-4-20(5-2)13-8-9-21(10-13)16-11(3)14(17)18-15(19-16)12-6-7-12/h12-13H,4-10H2,1-3H3,(H2,17,18,19). The third-order valence-electron chi connectivity index (χ3n) is 4.91. The van der Waals surface area contributed by atoms with Crippen LogP contribution in [0.3, 0.4) is 0 Å². The largest absolute Gasteiger partial charge is 0.383 e. The summed E-state index contributed by atoms with van der Waals surface area (Å²) < 4.78 is 0. The Balaban J connectivity index is 1.81. The lowest BCUT2D eigenvalue weighted by Crippen LogP contribution is -2.37. The highest BCUT2D eigenvalue weighted by Crippen LogP contribution is 2.40. The van der Waals surface area contributed by atoms with Crippen molar-refractivity contribution in [2.75, 3.05) is 36.8 Å². The van der Waals surface area contributed by atoms with E-state index in [1.54, 1.807) is 0 Å². The van der Waals surface area contributed by atoms with Gasteiger partial charge >= 0.3 is 0 Å². The van der Waals surface area contributed by atoms with Crippen LogP contribution in [0.25, 0.3) is 0 Å². The molecule has 2 heterocycles. The fourth-order valence-corrected chi connectivity index (χ4v) is 3.34. The highest BCUT2D eigenvalue weighted by atomic mass is 15.3. The number of nitrogen functional groups attached to an aromatic ring is 1. The molecule has 3 rings (SSSR count). The molecule has 1 saturated carbocycles. The van der Waals surface area contributed by atoms with Gasteiger partial charge in [-0.2, -0.15) is 0 Å². The van der Waals surface area contributed by atoms with E-state index >= 15 is 0 Å². The minimum absolute atomic E-state index is 0.549. The van der Waals surface area contributed by atoms with Crippen LogP contribution in [-0.4, -0.2) is 47.1 Å². The van der Waals surface area contributed by atoms with Gasteiger partial charge < -0.3 is 10.6 Å². The molecule has 0 spiro atoms. The highest BCUT2D eigenvalue weighted by Gasteiger charge is 2.31. The summed E-state index contributed by atoms with van der Waals surface area (Å²) in [4.78, 5) is 14.3. The zero-order chi connectivity index (χ0) is 15.0. The normalized spacial score (nSPS) is 22.3. The molecular formula is C16H27N5. The third-order valence-corrected chi connectivity index (χ3v) is 4.91. The maximum Gasteiger partial charge on any atom is 0.137 e. The molecule has 1 atom stereocenters. The monoisotopic (exact) mass is 289 g/mol. The van der Waals surface area contributed by atoms with Gasteiger partial charge in [0.1, 0.15) is 17.5 Å². The van der Waals surface area contributed by atoms with Gasteiger partial charge in [0, 0.05) is 30.6 Å². The van der Waals surface area contributed by atoms with Crippen LogP contribution in [0.2, 0.25) is 0 Å². The number of hydrogen-bond donors (Lipinski definition) is 1. The Morgan fingerprint density at radius 3 is 2.52 bits per heavy atom. The number of anilines is 2. The summed E-state index contributed by atoms with van der Waals surface area (Å²) in [6, 6.07) is 0.639. The number of nitrogens with two attached hydrogens (primary N) is 1. The van der Waals surface area contributed by atoms with Gasteiger partial charge in [-0.05, 0) is 39.3 Å². The summed E-state index contributed by atoms with van der Waals surface area (Å²) in [5.74, 6) is 3.24. The van der Waals surface area contributed by atoms with E-state index < -0.39 is 0 Å². The minimum Gasteiger partial charge on any atom is -0.383 e. The lowest BCUT2D eigenvalue weighted by molar-refractivity contribution is 0.232. The Morgan fingerprint density at radius 2 is 1.90 bits per heavy atom. The molecule has 5 heteroatoms. The molecule has 0 bridgehead atoms. The smallest absolute Gasteiger partial charge is 0.137 e. The van der Waals surface area contributed by atoms with Crippen LogP contribution < -0.4 is 10.6 Å². The van der Waals surface area contributed by atoms with Gasteiger partial charge in [-0.3, -0.25) is 4.90 Å². The molecule has 1 aromatic heterocycles. The number of hydrogen-bond acceptors (Lipinski definition) is 5. The summed E-state index contributed by atoms with van der Waals surface area (Å²) in [6.07, 6.45) is 3.64. The second-order valence-electron chi connectivity index (χ2n) is 6.30. The average molecular weight is 289 g/mol. The summed E-state index contributed by atoms with van der Waals surface area (Å²) in [5, 5.41) is 0. The van der Waals surface area contributed by atoms with Crippen molar-refractivity contribution >= 4 is 11.6 Å².